The molecule has 0 spiro atoms. The zero-order valence-corrected chi connectivity index (χ0v) is 21.2. The van der Waals surface area contributed by atoms with Crippen LogP contribution in [-0.4, -0.2) is 19.6 Å². The van der Waals surface area contributed by atoms with Gasteiger partial charge in [-0.3, -0.25) is 4.79 Å². The first kappa shape index (κ1) is 24.2. The van der Waals surface area contributed by atoms with Gasteiger partial charge in [-0.25, -0.2) is 0 Å². The van der Waals surface area contributed by atoms with Gasteiger partial charge in [0.15, 0.2) is 0 Å². The van der Waals surface area contributed by atoms with Crippen molar-refractivity contribution in [1.82, 2.24) is 0 Å². The first-order valence-corrected chi connectivity index (χ1v) is 13.6. The van der Waals surface area contributed by atoms with Gasteiger partial charge in [-0.05, 0) is 74.5 Å². The van der Waals surface area contributed by atoms with Crippen LogP contribution in [0.15, 0.2) is 18.2 Å². The van der Waals surface area contributed by atoms with Gasteiger partial charge in [-0.1, -0.05) is 26.2 Å². The van der Waals surface area contributed by atoms with E-state index in [0.717, 1.165) is 12.8 Å². The number of thiophene rings is 3. The second-order valence-corrected chi connectivity index (χ2v) is 11.5. The fourth-order valence-electron chi connectivity index (χ4n) is 3.83. The summed E-state index contributed by atoms with van der Waals surface area (Å²) in [6.07, 6.45) is 8.06. The standard InChI is InChI=1S/C25H33NO2S3/c1-4-5-6-7-8-19-14-24(30-17(19)2)25-21(9-11-26)15-23(31-25)22-13-20(18(3)29-22)10-12-28-16-27/h13-16H,4-12,26H2,1-3H3. The third-order valence-electron chi connectivity index (χ3n) is 5.59. The molecule has 0 aliphatic carbocycles. The monoisotopic (exact) mass is 475 g/mol. The van der Waals surface area contributed by atoms with Crippen molar-refractivity contribution in [2.45, 2.75) is 65.7 Å². The van der Waals surface area contributed by atoms with Crippen LogP contribution in [0, 0.1) is 13.8 Å². The number of aryl methyl sites for hydroxylation is 3. The first-order chi connectivity index (χ1) is 15.1. The van der Waals surface area contributed by atoms with Gasteiger partial charge in [0, 0.05) is 35.7 Å². The molecule has 6 heteroatoms. The van der Waals surface area contributed by atoms with Crippen LogP contribution in [0.3, 0.4) is 0 Å². The second kappa shape index (κ2) is 12.0. The van der Waals surface area contributed by atoms with Gasteiger partial charge in [0.25, 0.3) is 6.47 Å². The molecule has 3 rings (SSSR count). The lowest BCUT2D eigenvalue weighted by atomic mass is 10.1. The van der Waals surface area contributed by atoms with Crippen LogP contribution >= 0.6 is 34.0 Å². The van der Waals surface area contributed by atoms with Crippen molar-refractivity contribution in [3.63, 3.8) is 0 Å². The number of carbonyl (C=O) groups is 1. The number of nitrogens with two attached hydrogens (primary N) is 1. The largest absolute Gasteiger partial charge is 0.468 e. The molecule has 0 aromatic carbocycles. The molecular formula is C25H33NO2S3. The van der Waals surface area contributed by atoms with Gasteiger partial charge in [-0.15, -0.1) is 34.0 Å². The molecule has 0 fully saturated rings. The van der Waals surface area contributed by atoms with Crippen LogP contribution in [0.5, 0.6) is 0 Å². The molecule has 31 heavy (non-hydrogen) atoms. The molecule has 0 saturated carbocycles. The normalized spacial score (nSPS) is 11.2. The third kappa shape index (κ3) is 6.28. The molecule has 0 aliphatic heterocycles. The predicted molar refractivity (Wildman–Crippen MR) is 137 cm³/mol. The van der Waals surface area contributed by atoms with E-state index >= 15 is 0 Å². The maximum Gasteiger partial charge on any atom is 0.293 e. The quantitative estimate of drug-likeness (QED) is 0.211. The van der Waals surface area contributed by atoms with Gasteiger partial charge in [0.1, 0.15) is 0 Å². The molecule has 0 unspecified atom stereocenters. The van der Waals surface area contributed by atoms with E-state index in [-0.39, 0.29) is 0 Å². The minimum atomic E-state index is 0.435. The molecule has 3 heterocycles. The zero-order chi connectivity index (χ0) is 22.2. The van der Waals surface area contributed by atoms with Crippen LogP contribution in [0.1, 0.15) is 59.1 Å². The summed E-state index contributed by atoms with van der Waals surface area (Å²) < 4.78 is 4.89. The highest BCUT2D eigenvalue weighted by atomic mass is 32.1. The number of unbranched alkanes of at least 4 members (excludes halogenated alkanes) is 3. The van der Waals surface area contributed by atoms with Gasteiger partial charge >= 0.3 is 0 Å². The lowest BCUT2D eigenvalue weighted by molar-refractivity contribution is -0.128. The van der Waals surface area contributed by atoms with Gasteiger partial charge < -0.3 is 10.5 Å². The fourth-order valence-corrected chi connectivity index (χ4v) is 7.39. The number of carbonyl (C=O) groups excluding carboxylic acids is 1. The smallest absolute Gasteiger partial charge is 0.293 e. The highest BCUT2D eigenvalue weighted by molar-refractivity contribution is 7.26. The van der Waals surface area contributed by atoms with Crippen LogP contribution < -0.4 is 5.73 Å². The molecule has 3 aromatic heterocycles. The van der Waals surface area contributed by atoms with E-state index in [4.69, 9.17) is 10.5 Å². The number of ether oxygens (including phenoxy) is 1. The highest BCUT2D eigenvalue weighted by Gasteiger charge is 2.17. The van der Waals surface area contributed by atoms with Crippen molar-refractivity contribution < 1.29 is 9.53 Å². The van der Waals surface area contributed by atoms with Crippen LogP contribution in [0.4, 0.5) is 0 Å². The average Bonchev–Trinajstić information content (AvgIpc) is 3.43. The predicted octanol–water partition coefficient (Wildman–Crippen LogP) is 7.16. The minimum absolute atomic E-state index is 0.435. The lowest BCUT2D eigenvalue weighted by Crippen LogP contribution is -2.02. The SMILES string of the molecule is CCCCCCc1cc(-c2sc(-c3cc(CCOC=O)c(C)s3)cc2CCN)sc1C. The number of rotatable bonds is 13. The molecule has 0 amide bonds. The maximum absolute atomic E-state index is 10.4. The second-order valence-electron chi connectivity index (χ2n) is 7.92. The fraction of sp³-hybridized carbons (Fsp3) is 0.480. The Morgan fingerprint density at radius 2 is 1.48 bits per heavy atom. The van der Waals surface area contributed by atoms with Crippen molar-refractivity contribution in [3.05, 3.63) is 44.6 Å². The van der Waals surface area contributed by atoms with Crippen molar-refractivity contribution in [1.29, 1.82) is 0 Å². The summed E-state index contributed by atoms with van der Waals surface area (Å²) >= 11 is 5.64. The zero-order valence-electron chi connectivity index (χ0n) is 18.8. The Morgan fingerprint density at radius 3 is 2.19 bits per heavy atom. The van der Waals surface area contributed by atoms with Gasteiger partial charge in [0.05, 0.1) is 6.61 Å². The summed E-state index contributed by atoms with van der Waals surface area (Å²) in [6, 6.07) is 7.01. The summed E-state index contributed by atoms with van der Waals surface area (Å²) in [5, 5.41) is 0. The van der Waals surface area contributed by atoms with Crippen LogP contribution in [-0.2, 0) is 28.8 Å². The van der Waals surface area contributed by atoms with E-state index in [2.05, 4.69) is 39.0 Å². The molecule has 0 aliphatic rings. The van der Waals surface area contributed by atoms with E-state index in [9.17, 15) is 4.79 Å². The topological polar surface area (TPSA) is 52.3 Å². The van der Waals surface area contributed by atoms with Crippen LogP contribution in [0.2, 0.25) is 0 Å². The Hall–Kier alpha value is -1.47. The van der Waals surface area contributed by atoms with E-state index in [1.807, 2.05) is 34.0 Å². The summed E-state index contributed by atoms with van der Waals surface area (Å²) in [5.41, 5.74) is 10.1. The van der Waals surface area contributed by atoms with E-state index in [1.165, 1.54) is 78.1 Å². The summed E-state index contributed by atoms with van der Waals surface area (Å²) in [5.74, 6) is 0. The number of hydrogen-bond acceptors (Lipinski definition) is 6. The minimum Gasteiger partial charge on any atom is -0.468 e. The van der Waals surface area contributed by atoms with E-state index in [0.29, 0.717) is 19.6 Å². The summed E-state index contributed by atoms with van der Waals surface area (Å²) in [6.45, 7) is 8.29. The van der Waals surface area contributed by atoms with Crippen molar-refractivity contribution in [3.8, 4) is 19.5 Å². The Labute approximate surface area is 198 Å². The average molecular weight is 476 g/mol. The summed E-state index contributed by atoms with van der Waals surface area (Å²) in [4.78, 5) is 18.5. The maximum atomic E-state index is 10.4. The van der Waals surface area contributed by atoms with Gasteiger partial charge in [-0.2, -0.15) is 0 Å². The molecular weight excluding hydrogens is 442 g/mol. The van der Waals surface area contributed by atoms with E-state index < -0.39 is 0 Å². The Bertz CT molecular complexity index is 983. The van der Waals surface area contributed by atoms with Gasteiger partial charge in [0.2, 0.25) is 0 Å². The molecule has 168 valence electrons. The van der Waals surface area contributed by atoms with Crippen LogP contribution in [0.25, 0.3) is 19.5 Å². The Kier molecular flexibility index (Phi) is 9.32. The molecule has 3 nitrogen and oxygen atoms in total. The molecule has 0 saturated heterocycles. The van der Waals surface area contributed by atoms with Crippen molar-refractivity contribution in [2.24, 2.45) is 5.73 Å². The molecule has 0 bridgehead atoms. The number of hydrogen-bond donors (Lipinski definition) is 1. The first-order valence-electron chi connectivity index (χ1n) is 11.1. The van der Waals surface area contributed by atoms with Crippen molar-refractivity contribution >= 4 is 40.5 Å². The molecule has 0 atom stereocenters. The Balaban J connectivity index is 1.84. The molecule has 2 N–H and O–H groups in total. The molecule has 3 aromatic rings. The molecule has 0 radical (unpaired) electrons. The van der Waals surface area contributed by atoms with Crippen molar-refractivity contribution in [2.75, 3.05) is 13.2 Å². The Morgan fingerprint density at radius 1 is 0.839 bits per heavy atom. The van der Waals surface area contributed by atoms with E-state index in [1.54, 1.807) is 0 Å². The lowest BCUT2D eigenvalue weighted by Gasteiger charge is -2.00. The highest BCUT2D eigenvalue weighted by Crippen LogP contribution is 2.44. The third-order valence-corrected chi connectivity index (χ3v) is 9.33. The summed E-state index contributed by atoms with van der Waals surface area (Å²) in [7, 11) is 0.